The average molecular weight is 463 g/mol. The third-order valence-corrected chi connectivity index (χ3v) is 3.49. The molecule has 1 saturated heterocycles. The predicted octanol–water partition coefficient (Wildman–Crippen LogP) is 1.09. The van der Waals surface area contributed by atoms with Crippen molar-refractivity contribution in [1.29, 1.82) is 0 Å². The lowest BCUT2D eigenvalue weighted by molar-refractivity contribution is -0.124. The molecule has 0 aliphatic carbocycles. The lowest BCUT2D eigenvalue weighted by Crippen LogP contribution is -2.43. The van der Waals surface area contributed by atoms with E-state index in [0.717, 1.165) is 5.56 Å². The van der Waals surface area contributed by atoms with Crippen LogP contribution in [0.5, 0.6) is 0 Å². The van der Waals surface area contributed by atoms with E-state index in [1.807, 2.05) is 6.92 Å². The van der Waals surface area contributed by atoms with E-state index in [4.69, 9.17) is 0 Å². The van der Waals surface area contributed by atoms with Crippen LogP contribution in [0.15, 0.2) is 29.3 Å². The fraction of sp³-hybridized carbons (Fsp3) is 0.438. The molecule has 0 aromatic heterocycles. The van der Waals surface area contributed by atoms with Gasteiger partial charge < -0.3 is 16.0 Å². The van der Waals surface area contributed by atoms with Crippen LogP contribution in [-0.4, -0.2) is 55.5 Å². The van der Waals surface area contributed by atoms with E-state index < -0.39 is 0 Å². The summed E-state index contributed by atoms with van der Waals surface area (Å²) >= 11 is 0. The van der Waals surface area contributed by atoms with Crippen molar-refractivity contribution < 1.29 is 14.0 Å². The van der Waals surface area contributed by atoms with E-state index >= 15 is 0 Å². The highest BCUT2D eigenvalue weighted by Gasteiger charge is 2.27. The summed E-state index contributed by atoms with van der Waals surface area (Å²) in [6.07, 6.45) is 0.698. The molecule has 2 rings (SSSR count). The largest absolute Gasteiger partial charge is 0.357 e. The Labute approximate surface area is 163 Å². The van der Waals surface area contributed by atoms with Gasteiger partial charge in [-0.2, -0.15) is 0 Å². The van der Waals surface area contributed by atoms with Crippen molar-refractivity contribution >= 4 is 41.9 Å². The van der Waals surface area contributed by atoms with Crippen molar-refractivity contribution in [2.45, 2.75) is 13.3 Å². The van der Waals surface area contributed by atoms with Gasteiger partial charge in [-0.05, 0) is 31.0 Å². The van der Waals surface area contributed by atoms with Gasteiger partial charge in [-0.3, -0.25) is 14.7 Å². The lowest BCUT2D eigenvalue weighted by Gasteiger charge is -2.15. The third kappa shape index (κ3) is 6.85. The van der Waals surface area contributed by atoms with Crippen molar-refractivity contribution in [1.82, 2.24) is 20.9 Å². The lowest BCUT2D eigenvalue weighted by atomic mass is 10.1. The number of guanidine groups is 1. The van der Waals surface area contributed by atoms with Crippen LogP contribution >= 0.6 is 24.0 Å². The second-order valence-electron chi connectivity index (χ2n) is 5.27. The van der Waals surface area contributed by atoms with Gasteiger partial charge in [-0.25, -0.2) is 9.18 Å². The molecule has 7 nitrogen and oxygen atoms in total. The summed E-state index contributed by atoms with van der Waals surface area (Å²) in [6.45, 7) is 3.96. The molecule has 1 aromatic carbocycles. The molecule has 9 heteroatoms. The minimum atomic E-state index is -0.361. The summed E-state index contributed by atoms with van der Waals surface area (Å²) in [4.78, 5) is 28.5. The number of hydrogen-bond acceptors (Lipinski definition) is 3. The molecule has 3 N–H and O–H groups in total. The maximum Gasteiger partial charge on any atom is 0.324 e. The Morgan fingerprint density at radius 3 is 2.60 bits per heavy atom. The second-order valence-corrected chi connectivity index (χ2v) is 5.27. The monoisotopic (exact) mass is 463 g/mol. The molecule has 0 saturated carbocycles. The number of benzene rings is 1. The summed E-state index contributed by atoms with van der Waals surface area (Å²) in [5, 5.41) is 8.67. The quantitative estimate of drug-likeness (QED) is 0.245. The van der Waals surface area contributed by atoms with Gasteiger partial charge in [0.1, 0.15) is 5.82 Å². The highest BCUT2D eigenvalue weighted by molar-refractivity contribution is 14.0. The first kappa shape index (κ1) is 21.1. The van der Waals surface area contributed by atoms with Gasteiger partial charge in [-0.15, -0.1) is 24.0 Å². The Kier molecular flexibility index (Phi) is 9.17. The summed E-state index contributed by atoms with van der Waals surface area (Å²) < 4.78 is 12.9. The van der Waals surface area contributed by atoms with E-state index in [1.54, 1.807) is 12.1 Å². The Morgan fingerprint density at radius 2 is 2.00 bits per heavy atom. The summed E-state index contributed by atoms with van der Waals surface area (Å²) in [6, 6.07) is 5.98. The van der Waals surface area contributed by atoms with Crippen LogP contribution in [0, 0.1) is 5.82 Å². The number of amides is 3. The first-order valence-electron chi connectivity index (χ1n) is 7.95. The van der Waals surface area contributed by atoms with Crippen molar-refractivity contribution in [3.8, 4) is 0 Å². The number of imide groups is 1. The Hall–Kier alpha value is -1.91. The minimum absolute atomic E-state index is 0. The highest BCUT2D eigenvalue weighted by atomic mass is 127. The van der Waals surface area contributed by atoms with Gasteiger partial charge in [0.05, 0.1) is 6.54 Å². The normalized spacial score (nSPS) is 14.2. The van der Waals surface area contributed by atoms with Crippen LogP contribution in [0.4, 0.5) is 9.18 Å². The van der Waals surface area contributed by atoms with E-state index in [-0.39, 0.29) is 54.8 Å². The van der Waals surface area contributed by atoms with Gasteiger partial charge in [0.15, 0.2) is 5.96 Å². The minimum Gasteiger partial charge on any atom is -0.357 e. The van der Waals surface area contributed by atoms with Gasteiger partial charge in [0, 0.05) is 26.2 Å². The molecule has 0 unspecified atom stereocenters. The number of rotatable bonds is 7. The summed E-state index contributed by atoms with van der Waals surface area (Å²) in [5.74, 6) is 0.143. The van der Waals surface area contributed by atoms with Crippen LogP contribution in [0.3, 0.4) is 0 Å². The maximum atomic E-state index is 12.9. The van der Waals surface area contributed by atoms with Crippen molar-refractivity contribution in [2.24, 2.45) is 4.99 Å². The molecular weight excluding hydrogens is 440 g/mol. The standard InChI is InChI=1S/C16H22FN5O2.HI/c1-2-18-15(19-8-7-12-3-5-13(17)6-4-12)20-9-10-22-14(23)11-21-16(22)24;/h3-6H,2,7-11H2,1H3,(H,21,24)(H2,18,19,20);1H. The SMILES string of the molecule is CCNC(=NCCc1ccc(F)cc1)NCCN1C(=O)CNC1=O.I. The summed E-state index contributed by atoms with van der Waals surface area (Å²) in [5.41, 5.74) is 1.01. The van der Waals surface area contributed by atoms with E-state index in [2.05, 4.69) is 20.9 Å². The Balaban J connectivity index is 0.00000312. The van der Waals surface area contributed by atoms with Crippen molar-refractivity contribution in [3.05, 3.63) is 35.6 Å². The van der Waals surface area contributed by atoms with Gasteiger partial charge in [0.2, 0.25) is 5.91 Å². The number of carbonyl (C=O) groups is 2. The number of halogens is 2. The van der Waals surface area contributed by atoms with Gasteiger partial charge in [0.25, 0.3) is 0 Å². The van der Waals surface area contributed by atoms with Crippen LogP contribution in [0.25, 0.3) is 0 Å². The van der Waals surface area contributed by atoms with E-state index in [9.17, 15) is 14.0 Å². The van der Waals surface area contributed by atoms with Crippen LogP contribution in [0.1, 0.15) is 12.5 Å². The molecule has 3 amide bonds. The van der Waals surface area contributed by atoms with Crippen molar-refractivity contribution in [2.75, 3.05) is 32.7 Å². The molecule has 1 heterocycles. The molecule has 25 heavy (non-hydrogen) atoms. The van der Waals surface area contributed by atoms with E-state index in [1.165, 1.54) is 17.0 Å². The molecule has 0 bridgehead atoms. The Bertz CT molecular complexity index is 593. The first-order valence-corrected chi connectivity index (χ1v) is 7.95. The van der Waals surface area contributed by atoms with Gasteiger partial charge in [-0.1, -0.05) is 12.1 Å². The topological polar surface area (TPSA) is 85.8 Å². The average Bonchev–Trinajstić information content (AvgIpc) is 2.88. The third-order valence-electron chi connectivity index (χ3n) is 3.49. The Morgan fingerprint density at radius 1 is 1.28 bits per heavy atom. The number of nitrogens with one attached hydrogen (secondary N) is 3. The van der Waals surface area contributed by atoms with Crippen LogP contribution in [0.2, 0.25) is 0 Å². The first-order chi connectivity index (χ1) is 11.6. The second kappa shape index (κ2) is 10.9. The number of urea groups is 1. The van der Waals surface area contributed by atoms with Gasteiger partial charge >= 0.3 is 6.03 Å². The molecule has 0 atom stereocenters. The molecule has 0 spiro atoms. The zero-order chi connectivity index (χ0) is 17.4. The molecule has 0 radical (unpaired) electrons. The summed E-state index contributed by atoms with van der Waals surface area (Å²) in [7, 11) is 0. The maximum absolute atomic E-state index is 12.9. The molecule has 1 aliphatic rings. The molecule has 138 valence electrons. The number of aliphatic imine (C=N–C) groups is 1. The predicted molar refractivity (Wildman–Crippen MR) is 105 cm³/mol. The number of hydrogen-bond donors (Lipinski definition) is 3. The zero-order valence-corrected chi connectivity index (χ0v) is 16.4. The number of nitrogens with zero attached hydrogens (tertiary/aromatic N) is 2. The van der Waals surface area contributed by atoms with E-state index in [0.29, 0.717) is 32.0 Å². The number of carbonyl (C=O) groups excluding carboxylic acids is 2. The van der Waals surface area contributed by atoms with Crippen LogP contribution < -0.4 is 16.0 Å². The van der Waals surface area contributed by atoms with Crippen LogP contribution in [-0.2, 0) is 11.2 Å². The van der Waals surface area contributed by atoms with Crippen molar-refractivity contribution in [3.63, 3.8) is 0 Å². The molecular formula is C16H23FIN5O2. The fourth-order valence-corrected chi connectivity index (χ4v) is 2.26. The molecule has 1 aliphatic heterocycles. The zero-order valence-electron chi connectivity index (χ0n) is 14.0. The molecule has 1 fully saturated rings. The molecule has 1 aromatic rings. The highest BCUT2D eigenvalue weighted by Crippen LogP contribution is 2.03. The fourth-order valence-electron chi connectivity index (χ4n) is 2.26. The smallest absolute Gasteiger partial charge is 0.324 e.